The first kappa shape index (κ1) is 26.5. The highest BCUT2D eigenvalue weighted by Gasteiger charge is 2.54. The lowest BCUT2D eigenvalue weighted by Crippen LogP contribution is -2.51. The van der Waals surface area contributed by atoms with Crippen LogP contribution >= 0.6 is 0 Å². The van der Waals surface area contributed by atoms with Gasteiger partial charge < -0.3 is 24.4 Å². The van der Waals surface area contributed by atoms with Crippen molar-refractivity contribution in [3.63, 3.8) is 0 Å². The minimum absolute atomic E-state index is 0.186. The van der Waals surface area contributed by atoms with E-state index >= 15 is 0 Å². The average Bonchev–Trinajstić information content (AvgIpc) is 3.77. The first-order valence-electron chi connectivity index (χ1n) is 13.1. The molecule has 0 spiro atoms. The second kappa shape index (κ2) is 10.4. The smallest absolute Gasteiger partial charge is 0.404 e. The van der Waals surface area contributed by atoms with E-state index < -0.39 is 29.1 Å². The van der Waals surface area contributed by atoms with Gasteiger partial charge in [-0.1, -0.05) is 0 Å². The van der Waals surface area contributed by atoms with Gasteiger partial charge in [-0.15, -0.1) is 13.2 Å². The minimum Gasteiger partial charge on any atom is -0.404 e. The van der Waals surface area contributed by atoms with Crippen LogP contribution in [0.5, 0.6) is 5.75 Å². The van der Waals surface area contributed by atoms with Gasteiger partial charge in [-0.2, -0.15) is 0 Å². The van der Waals surface area contributed by atoms with E-state index in [9.17, 15) is 22.8 Å². The van der Waals surface area contributed by atoms with Crippen LogP contribution in [0.15, 0.2) is 47.5 Å². The first-order chi connectivity index (χ1) is 19.2. The molecule has 1 saturated carbocycles. The molecule has 212 valence electrons. The summed E-state index contributed by atoms with van der Waals surface area (Å²) < 4.78 is 55.8. The van der Waals surface area contributed by atoms with Crippen LogP contribution in [0.3, 0.4) is 0 Å². The Balaban J connectivity index is 1.32. The number of nitrogens with zero attached hydrogens (tertiary/aromatic N) is 4. The van der Waals surface area contributed by atoms with Gasteiger partial charge in [0.15, 0.2) is 5.75 Å². The van der Waals surface area contributed by atoms with Gasteiger partial charge in [-0.05, 0) is 49.2 Å². The van der Waals surface area contributed by atoms with Crippen LogP contribution in [-0.2, 0) is 14.3 Å². The van der Waals surface area contributed by atoms with Gasteiger partial charge in [0.05, 0.1) is 48.7 Å². The van der Waals surface area contributed by atoms with Crippen molar-refractivity contribution in [2.75, 3.05) is 62.8 Å². The fourth-order valence-corrected chi connectivity index (χ4v) is 5.33. The van der Waals surface area contributed by atoms with Crippen LogP contribution < -0.4 is 20.5 Å². The molecule has 0 bridgehead atoms. The third-order valence-corrected chi connectivity index (χ3v) is 7.60. The third-order valence-electron chi connectivity index (χ3n) is 7.60. The molecule has 0 unspecified atom stereocenters. The quantitative estimate of drug-likeness (QED) is 0.493. The van der Waals surface area contributed by atoms with Crippen LogP contribution in [0.2, 0.25) is 0 Å². The fraction of sp³-hybridized carbons (Fsp3) is 0.444. The SMILES string of the molecule is O=C(Nc1cc(-n2cnc3cc(N4CCOCC4)ccc3c2=O)ccc1OC(F)(F)F)C1(N2CCOCC2)CC1. The molecule has 3 aliphatic rings. The number of amides is 1. The fourth-order valence-electron chi connectivity index (χ4n) is 5.33. The number of alkyl halides is 3. The number of nitrogens with one attached hydrogen (secondary N) is 1. The Kier molecular flexibility index (Phi) is 6.88. The van der Waals surface area contributed by atoms with E-state index in [-0.39, 0.29) is 11.4 Å². The molecular formula is C27H28F3N5O5. The number of hydrogen-bond acceptors (Lipinski definition) is 8. The van der Waals surface area contributed by atoms with E-state index in [4.69, 9.17) is 9.47 Å². The van der Waals surface area contributed by atoms with Gasteiger partial charge in [0.1, 0.15) is 11.9 Å². The lowest BCUT2D eigenvalue weighted by Gasteiger charge is -2.34. The summed E-state index contributed by atoms with van der Waals surface area (Å²) in [5, 5.41) is 3.00. The van der Waals surface area contributed by atoms with Gasteiger partial charge in [0, 0.05) is 31.9 Å². The maximum atomic E-state index is 13.4. The summed E-state index contributed by atoms with van der Waals surface area (Å²) in [6.45, 7) is 4.79. The lowest BCUT2D eigenvalue weighted by molar-refractivity contribution is -0.274. The zero-order valence-electron chi connectivity index (χ0n) is 21.6. The number of halogens is 3. The predicted octanol–water partition coefficient (Wildman–Crippen LogP) is 2.92. The van der Waals surface area contributed by atoms with Gasteiger partial charge in [0.25, 0.3) is 5.56 Å². The molecule has 6 rings (SSSR count). The number of ether oxygens (including phenoxy) is 3. The largest absolute Gasteiger partial charge is 0.573 e. The molecule has 0 radical (unpaired) electrons. The van der Waals surface area contributed by atoms with Gasteiger partial charge in [0.2, 0.25) is 5.91 Å². The van der Waals surface area contributed by atoms with Crippen molar-refractivity contribution in [3.05, 3.63) is 53.1 Å². The molecule has 40 heavy (non-hydrogen) atoms. The topological polar surface area (TPSA) is 98.2 Å². The number of hydrogen-bond donors (Lipinski definition) is 1. The lowest BCUT2D eigenvalue weighted by atomic mass is 10.1. The van der Waals surface area contributed by atoms with Crippen molar-refractivity contribution >= 4 is 28.2 Å². The third kappa shape index (κ3) is 5.23. The summed E-state index contributed by atoms with van der Waals surface area (Å²) in [6.07, 6.45) is -2.46. The Morgan fingerprint density at radius 2 is 1.62 bits per heavy atom. The first-order valence-corrected chi connectivity index (χ1v) is 13.1. The highest BCUT2D eigenvalue weighted by molar-refractivity contribution is 6.01. The molecule has 2 aromatic carbocycles. The van der Waals surface area contributed by atoms with Crippen molar-refractivity contribution in [2.24, 2.45) is 0 Å². The maximum Gasteiger partial charge on any atom is 0.573 e. The molecule has 3 aromatic rings. The summed E-state index contributed by atoms with van der Waals surface area (Å²) in [6, 6.07) is 9.07. The Morgan fingerprint density at radius 3 is 2.30 bits per heavy atom. The number of morpholine rings is 2. The number of carbonyl (C=O) groups is 1. The molecule has 13 heteroatoms. The van der Waals surface area contributed by atoms with Crippen molar-refractivity contribution in [1.29, 1.82) is 0 Å². The molecule has 0 atom stereocenters. The second-order valence-electron chi connectivity index (χ2n) is 10.0. The Hall–Kier alpha value is -3.68. The predicted molar refractivity (Wildman–Crippen MR) is 140 cm³/mol. The van der Waals surface area contributed by atoms with E-state index in [1.54, 1.807) is 6.07 Å². The van der Waals surface area contributed by atoms with Crippen molar-refractivity contribution in [1.82, 2.24) is 14.5 Å². The van der Waals surface area contributed by atoms with Gasteiger partial charge in [-0.3, -0.25) is 19.1 Å². The molecule has 10 nitrogen and oxygen atoms in total. The average molecular weight is 560 g/mol. The summed E-state index contributed by atoms with van der Waals surface area (Å²) >= 11 is 0. The van der Waals surface area contributed by atoms with Crippen LogP contribution in [-0.4, -0.2) is 84.9 Å². The monoisotopic (exact) mass is 559 g/mol. The van der Waals surface area contributed by atoms with Crippen molar-refractivity contribution in [2.45, 2.75) is 24.7 Å². The van der Waals surface area contributed by atoms with Gasteiger partial charge >= 0.3 is 6.36 Å². The maximum absolute atomic E-state index is 13.4. The number of aromatic nitrogens is 2. The highest BCUT2D eigenvalue weighted by Crippen LogP contribution is 2.44. The normalized spacial score (nSPS) is 19.4. The number of anilines is 2. The summed E-state index contributed by atoms with van der Waals surface area (Å²) in [7, 11) is 0. The number of benzene rings is 2. The molecule has 3 heterocycles. The zero-order valence-corrected chi connectivity index (χ0v) is 21.6. The van der Waals surface area contributed by atoms with Crippen LogP contribution in [0.25, 0.3) is 16.6 Å². The number of rotatable bonds is 6. The standard InChI is InChI=1S/C27H28F3N5O5/c28-27(29,30)40-23-4-2-19(16-22(23)32-25(37)26(5-6-26)34-9-13-39-14-10-34)35-17-31-21-15-18(1-3-20(21)24(35)36)33-7-11-38-12-8-33/h1-4,15-17H,5-14H2,(H,32,37). The minimum atomic E-state index is -4.97. The Labute approximate surface area is 227 Å². The Morgan fingerprint density at radius 1 is 0.950 bits per heavy atom. The van der Waals surface area contributed by atoms with Gasteiger partial charge in [-0.25, -0.2) is 4.98 Å². The van der Waals surface area contributed by atoms with Crippen LogP contribution in [0.1, 0.15) is 12.8 Å². The van der Waals surface area contributed by atoms with E-state index in [1.807, 2.05) is 17.0 Å². The van der Waals surface area contributed by atoms with Crippen molar-refractivity contribution in [3.8, 4) is 11.4 Å². The van der Waals surface area contributed by atoms with E-state index in [2.05, 4.69) is 19.9 Å². The van der Waals surface area contributed by atoms with E-state index in [1.165, 1.54) is 23.0 Å². The number of carbonyl (C=O) groups excluding carboxylic acids is 1. The molecule has 1 amide bonds. The number of fused-ring (bicyclic) bond motifs is 1. The molecule has 2 saturated heterocycles. The molecule has 1 N–H and O–H groups in total. The molecule has 1 aliphatic carbocycles. The molecular weight excluding hydrogens is 531 g/mol. The summed E-state index contributed by atoms with van der Waals surface area (Å²) in [5.41, 5.74) is 0.277. The van der Waals surface area contributed by atoms with Crippen LogP contribution in [0.4, 0.5) is 24.5 Å². The second-order valence-corrected chi connectivity index (χ2v) is 10.0. The van der Waals surface area contributed by atoms with E-state index in [0.29, 0.717) is 63.3 Å². The van der Waals surface area contributed by atoms with Crippen molar-refractivity contribution < 1.29 is 32.2 Å². The summed E-state index contributed by atoms with van der Waals surface area (Å²) in [4.78, 5) is 35.3. The molecule has 3 fully saturated rings. The summed E-state index contributed by atoms with van der Waals surface area (Å²) in [5.74, 6) is -0.988. The molecule has 2 aliphatic heterocycles. The zero-order chi connectivity index (χ0) is 27.9. The molecule has 1 aromatic heterocycles. The highest BCUT2D eigenvalue weighted by atomic mass is 19.4. The Bertz CT molecular complexity index is 1480. The van der Waals surface area contributed by atoms with E-state index in [0.717, 1.165) is 24.8 Å². The van der Waals surface area contributed by atoms with Crippen LogP contribution in [0, 0.1) is 0 Å².